The molecule has 0 unspecified atom stereocenters. The minimum atomic E-state index is -0.627. The standard InChI is InChI=1S/C16H25N5O2S/c1-20(2)13(22)11-21-8-5-16(6-9-21,14(23)18-12-3-4-12)19-15-17-7-10-24-15/h7,10,12H,3-6,8-9,11H2,1-2H3,(H,17,19)(H,18,23). The van der Waals surface area contributed by atoms with Crippen LogP contribution in [0.1, 0.15) is 25.7 Å². The van der Waals surface area contributed by atoms with Crippen LogP contribution in [0.25, 0.3) is 0 Å². The second-order valence-electron chi connectivity index (χ2n) is 6.86. The molecule has 1 aliphatic carbocycles. The molecule has 1 aromatic heterocycles. The zero-order valence-corrected chi connectivity index (χ0v) is 15.1. The van der Waals surface area contributed by atoms with Gasteiger partial charge in [-0.25, -0.2) is 4.98 Å². The Kier molecular flexibility index (Phi) is 5.05. The van der Waals surface area contributed by atoms with Crippen molar-refractivity contribution in [3.05, 3.63) is 11.6 Å². The van der Waals surface area contributed by atoms with Gasteiger partial charge in [-0.1, -0.05) is 0 Å². The summed E-state index contributed by atoms with van der Waals surface area (Å²) >= 11 is 1.51. The number of piperidine rings is 1. The van der Waals surface area contributed by atoms with Crippen molar-refractivity contribution in [1.82, 2.24) is 20.1 Å². The van der Waals surface area contributed by atoms with Gasteiger partial charge in [0.2, 0.25) is 11.8 Å². The summed E-state index contributed by atoms with van der Waals surface area (Å²) in [6.45, 7) is 1.84. The predicted molar refractivity (Wildman–Crippen MR) is 94.0 cm³/mol. The lowest BCUT2D eigenvalue weighted by atomic mass is 9.86. The van der Waals surface area contributed by atoms with E-state index in [0.717, 1.165) is 31.1 Å². The van der Waals surface area contributed by atoms with E-state index in [1.54, 1.807) is 25.2 Å². The summed E-state index contributed by atoms with van der Waals surface area (Å²) in [4.78, 5) is 32.7. The molecular formula is C16H25N5O2S. The lowest BCUT2D eigenvalue weighted by Gasteiger charge is -2.41. The Morgan fingerprint density at radius 1 is 1.38 bits per heavy atom. The van der Waals surface area contributed by atoms with Gasteiger partial charge >= 0.3 is 0 Å². The molecule has 0 bridgehead atoms. The van der Waals surface area contributed by atoms with Gasteiger partial charge in [0.15, 0.2) is 5.13 Å². The topological polar surface area (TPSA) is 77.6 Å². The van der Waals surface area contributed by atoms with Crippen molar-refractivity contribution in [3.63, 3.8) is 0 Å². The number of nitrogens with zero attached hydrogens (tertiary/aromatic N) is 3. The van der Waals surface area contributed by atoms with Gasteiger partial charge in [0.25, 0.3) is 0 Å². The highest BCUT2D eigenvalue weighted by molar-refractivity contribution is 7.13. The van der Waals surface area contributed by atoms with Gasteiger partial charge in [-0.05, 0) is 25.7 Å². The number of amides is 2. The maximum atomic E-state index is 12.8. The molecular weight excluding hydrogens is 326 g/mol. The number of thiazole rings is 1. The molecule has 0 spiro atoms. The van der Waals surface area contributed by atoms with E-state index < -0.39 is 5.54 Å². The average molecular weight is 351 g/mol. The zero-order chi connectivity index (χ0) is 17.2. The fourth-order valence-corrected chi connectivity index (χ4v) is 3.50. The predicted octanol–water partition coefficient (Wildman–Crippen LogP) is 0.756. The highest BCUT2D eigenvalue weighted by Gasteiger charge is 2.43. The Balaban J connectivity index is 1.65. The van der Waals surface area contributed by atoms with E-state index >= 15 is 0 Å². The summed E-state index contributed by atoms with van der Waals surface area (Å²) in [5.74, 6) is 0.164. The third-order valence-corrected chi connectivity index (χ3v) is 5.38. The summed E-state index contributed by atoms with van der Waals surface area (Å²) < 4.78 is 0. The Morgan fingerprint density at radius 2 is 2.08 bits per heavy atom. The van der Waals surface area contributed by atoms with E-state index in [4.69, 9.17) is 0 Å². The number of anilines is 1. The molecule has 2 heterocycles. The number of nitrogens with one attached hydrogen (secondary N) is 2. The van der Waals surface area contributed by atoms with E-state index in [2.05, 4.69) is 20.5 Å². The molecule has 24 heavy (non-hydrogen) atoms. The van der Waals surface area contributed by atoms with Gasteiger partial charge in [0, 0.05) is 44.8 Å². The number of carbonyl (C=O) groups excluding carboxylic acids is 2. The number of likely N-dealkylation sites (N-methyl/N-ethyl adjacent to an activating group) is 1. The Bertz CT molecular complexity index is 577. The molecule has 2 aliphatic rings. The molecule has 1 aliphatic heterocycles. The molecule has 2 N–H and O–H groups in total. The molecule has 2 amide bonds. The van der Waals surface area contributed by atoms with Gasteiger partial charge in [-0.15, -0.1) is 11.3 Å². The number of carbonyl (C=O) groups is 2. The van der Waals surface area contributed by atoms with Gasteiger partial charge < -0.3 is 15.5 Å². The first kappa shape index (κ1) is 17.2. The molecule has 1 saturated heterocycles. The molecule has 1 aromatic rings. The highest BCUT2D eigenvalue weighted by atomic mass is 32.1. The number of hydrogen-bond acceptors (Lipinski definition) is 6. The first-order valence-electron chi connectivity index (χ1n) is 8.40. The summed E-state index contributed by atoms with van der Waals surface area (Å²) in [5, 5.41) is 9.19. The van der Waals surface area contributed by atoms with Crippen LogP contribution < -0.4 is 10.6 Å². The molecule has 132 valence electrons. The first-order chi connectivity index (χ1) is 11.5. The van der Waals surface area contributed by atoms with Crippen LogP contribution in [-0.2, 0) is 9.59 Å². The molecule has 0 aromatic carbocycles. The minimum absolute atomic E-state index is 0.0683. The average Bonchev–Trinajstić information content (AvgIpc) is 3.22. The summed E-state index contributed by atoms with van der Waals surface area (Å²) in [6, 6.07) is 0.334. The molecule has 3 rings (SSSR count). The smallest absolute Gasteiger partial charge is 0.246 e. The van der Waals surface area contributed by atoms with Crippen LogP contribution in [0.5, 0.6) is 0 Å². The quantitative estimate of drug-likeness (QED) is 0.791. The van der Waals surface area contributed by atoms with Crippen molar-refractivity contribution in [1.29, 1.82) is 0 Å². The lowest BCUT2D eigenvalue weighted by molar-refractivity contribution is -0.131. The lowest BCUT2D eigenvalue weighted by Crippen LogP contribution is -2.59. The van der Waals surface area contributed by atoms with E-state index in [1.807, 2.05) is 5.38 Å². The highest BCUT2D eigenvalue weighted by Crippen LogP contribution is 2.30. The molecule has 7 nitrogen and oxygen atoms in total. The van der Waals surface area contributed by atoms with Crippen LogP contribution in [0.2, 0.25) is 0 Å². The second-order valence-corrected chi connectivity index (χ2v) is 7.75. The van der Waals surface area contributed by atoms with Gasteiger partial charge in [-0.2, -0.15) is 0 Å². The van der Waals surface area contributed by atoms with Crippen molar-refractivity contribution in [2.24, 2.45) is 0 Å². The number of likely N-dealkylation sites (tertiary alicyclic amines) is 1. The van der Waals surface area contributed by atoms with Crippen molar-refractivity contribution in [3.8, 4) is 0 Å². The van der Waals surface area contributed by atoms with Crippen molar-refractivity contribution in [2.45, 2.75) is 37.3 Å². The van der Waals surface area contributed by atoms with Crippen LogP contribution in [0.4, 0.5) is 5.13 Å². The van der Waals surface area contributed by atoms with Crippen LogP contribution >= 0.6 is 11.3 Å². The Morgan fingerprint density at radius 3 is 2.62 bits per heavy atom. The molecule has 1 saturated carbocycles. The van der Waals surface area contributed by atoms with E-state index in [1.165, 1.54) is 11.3 Å². The van der Waals surface area contributed by atoms with Crippen molar-refractivity contribution < 1.29 is 9.59 Å². The Hall–Kier alpha value is -1.67. The Labute approximate surface area is 146 Å². The van der Waals surface area contributed by atoms with Crippen LogP contribution in [0.15, 0.2) is 11.6 Å². The molecule has 2 fully saturated rings. The van der Waals surface area contributed by atoms with Crippen LogP contribution in [0, 0.1) is 0 Å². The second kappa shape index (κ2) is 7.06. The summed E-state index contributed by atoms with van der Waals surface area (Å²) in [7, 11) is 3.54. The fourth-order valence-electron chi connectivity index (χ4n) is 2.88. The van der Waals surface area contributed by atoms with Gasteiger partial charge in [0.1, 0.15) is 5.54 Å². The van der Waals surface area contributed by atoms with Crippen LogP contribution in [0.3, 0.4) is 0 Å². The number of aromatic nitrogens is 1. The number of rotatable bonds is 6. The van der Waals surface area contributed by atoms with E-state index in [9.17, 15) is 9.59 Å². The first-order valence-corrected chi connectivity index (χ1v) is 9.28. The minimum Gasteiger partial charge on any atom is -0.351 e. The SMILES string of the molecule is CN(C)C(=O)CN1CCC(Nc2nccs2)(C(=O)NC2CC2)CC1. The fraction of sp³-hybridized carbons (Fsp3) is 0.688. The molecule has 8 heteroatoms. The maximum Gasteiger partial charge on any atom is 0.246 e. The van der Waals surface area contributed by atoms with Crippen molar-refractivity contribution >= 4 is 28.3 Å². The molecule has 0 atom stereocenters. The number of hydrogen-bond donors (Lipinski definition) is 2. The third-order valence-electron chi connectivity index (χ3n) is 4.69. The van der Waals surface area contributed by atoms with E-state index in [-0.39, 0.29) is 11.8 Å². The zero-order valence-electron chi connectivity index (χ0n) is 14.2. The normalized spacial score (nSPS) is 20.4. The summed E-state index contributed by atoms with van der Waals surface area (Å²) in [6.07, 6.45) is 5.23. The maximum absolute atomic E-state index is 12.8. The molecule has 0 radical (unpaired) electrons. The monoisotopic (exact) mass is 351 g/mol. The van der Waals surface area contributed by atoms with Gasteiger partial charge in [0.05, 0.1) is 6.54 Å². The third kappa shape index (κ3) is 4.05. The summed E-state index contributed by atoms with van der Waals surface area (Å²) in [5.41, 5.74) is -0.627. The largest absolute Gasteiger partial charge is 0.351 e. The van der Waals surface area contributed by atoms with E-state index in [0.29, 0.717) is 25.4 Å². The van der Waals surface area contributed by atoms with Crippen molar-refractivity contribution in [2.75, 3.05) is 39.0 Å². The van der Waals surface area contributed by atoms with Crippen LogP contribution in [-0.4, -0.2) is 71.9 Å². The van der Waals surface area contributed by atoms with Gasteiger partial charge in [-0.3, -0.25) is 14.5 Å².